The molecule has 5 nitrogen and oxygen atoms in total. The third-order valence-electron chi connectivity index (χ3n) is 4.41. The van der Waals surface area contributed by atoms with Gasteiger partial charge in [0.25, 0.3) is 5.91 Å². The minimum atomic E-state index is -0.706. The van der Waals surface area contributed by atoms with E-state index in [-0.39, 0.29) is 5.57 Å². The van der Waals surface area contributed by atoms with Gasteiger partial charge in [0.2, 0.25) is 0 Å². The van der Waals surface area contributed by atoms with Gasteiger partial charge in [0.1, 0.15) is 11.6 Å². The average Bonchev–Trinajstić information content (AvgIpc) is 2.59. The van der Waals surface area contributed by atoms with E-state index in [2.05, 4.69) is 35.0 Å². The minimum absolute atomic E-state index is 0.0385. The molecule has 0 radical (unpaired) electrons. The van der Waals surface area contributed by atoms with Crippen LogP contribution in [0, 0.1) is 11.3 Å². The zero-order chi connectivity index (χ0) is 17.1. The second-order valence-corrected chi connectivity index (χ2v) is 6.12. The second-order valence-electron chi connectivity index (χ2n) is 6.12. The summed E-state index contributed by atoms with van der Waals surface area (Å²) in [6, 6.07) is 14.1. The molecule has 122 valence electrons. The topological polar surface area (TPSA) is 73.4 Å². The van der Waals surface area contributed by atoms with E-state index in [4.69, 9.17) is 11.0 Å². The normalized spacial score (nSPS) is 16.2. The van der Waals surface area contributed by atoms with Gasteiger partial charge in [-0.15, -0.1) is 0 Å². The molecule has 2 N–H and O–H groups in total. The maximum atomic E-state index is 11.2. The molecule has 0 aliphatic carbocycles. The smallest absolute Gasteiger partial charge is 0.259 e. The maximum Gasteiger partial charge on any atom is 0.259 e. The Morgan fingerprint density at radius 3 is 2.46 bits per heavy atom. The SMILES string of the molecule is CN1CCN(c2ccc3cc(/C=C(\C#N)C(N)=O)ccc3c2)CC1. The molecule has 1 fully saturated rings. The monoisotopic (exact) mass is 320 g/mol. The number of carbonyl (C=O) groups excluding carboxylic acids is 1. The lowest BCUT2D eigenvalue weighted by molar-refractivity contribution is -0.114. The predicted molar refractivity (Wildman–Crippen MR) is 96.4 cm³/mol. The third-order valence-corrected chi connectivity index (χ3v) is 4.41. The van der Waals surface area contributed by atoms with Gasteiger partial charge >= 0.3 is 0 Å². The largest absolute Gasteiger partial charge is 0.369 e. The molecule has 1 amide bonds. The lowest BCUT2D eigenvalue weighted by Crippen LogP contribution is -2.44. The van der Waals surface area contributed by atoms with Crippen LogP contribution >= 0.6 is 0 Å². The molecule has 1 saturated heterocycles. The van der Waals surface area contributed by atoms with E-state index in [9.17, 15) is 4.79 Å². The van der Waals surface area contributed by atoms with E-state index in [0.29, 0.717) is 0 Å². The van der Waals surface area contributed by atoms with Crippen LogP contribution in [0.3, 0.4) is 0 Å². The highest BCUT2D eigenvalue weighted by Crippen LogP contribution is 2.24. The molecule has 0 aromatic heterocycles. The Bertz CT molecular complexity index is 842. The number of carbonyl (C=O) groups is 1. The number of anilines is 1. The van der Waals surface area contributed by atoms with Crippen LogP contribution in [0.2, 0.25) is 0 Å². The average molecular weight is 320 g/mol. The fraction of sp³-hybridized carbons (Fsp3) is 0.263. The van der Waals surface area contributed by atoms with Crippen molar-refractivity contribution >= 4 is 28.4 Å². The summed E-state index contributed by atoms with van der Waals surface area (Å²) in [7, 11) is 2.15. The van der Waals surface area contributed by atoms with Gasteiger partial charge in [-0.2, -0.15) is 5.26 Å². The van der Waals surface area contributed by atoms with Crippen LogP contribution in [-0.4, -0.2) is 44.0 Å². The molecule has 0 spiro atoms. The van der Waals surface area contributed by atoms with Gasteiger partial charge in [0.05, 0.1) is 0 Å². The van der Waals surface area contributed by atoms with Crippen LogP contribution in [-0.2, 0) is 4.79 Å². The van der Waals surface area contributed by atoms with Crippen LogP contribution < -0.4 is 10.6 Å². The molecule has 0 bridgehead atoms. The number of likely N-dealkylation sites (N-methyl/N-ethyl adjacent to an activating group) is 1. The van der Waals surface area contributed by atoms with Crippen molar-refractivity contribution in [2.45, 2.75) is 0 Å². The van der Waals surface area contributed by atoms with E-state index in [0.717, 1.165) is 42.5 Å². The number of nitriles is 1. The number of amides is 1. The molecule has 0 unspecified atom stereocenters. The Labute approximate surface area is 141 Å². The summed E-state index contributed by atoms with van der Waals surface area (Å²) in [5.74, 6) is -0.706. The highest BCUT2D eigenvalue weighted by atomic mass is 16.1. The standard InChI is InChI=1S/C19H20N4O/c1-22-6-8-23(9-7-22)18-5-4-15-10-14(2-3-16(15)12-18)11-17(13-20)19(21)24/h2-5,10-12H,6-9H2,1H3,(H2,21,24)/b17-11+. The van der Waals surface area contributed by atoms with Crippen molar-refractivity contribution in [2.24, 2.45) is 5.73 Å². The number of fused-ring (bicyclic) bond motifs is 1. The number of hydrogen-bond donors (Lipinski definition) is 1. The van der Waals surface area contributed by atoms with Crippen LogP contribution in [0.4, 0.5) is 5.69 Å². The first-order valence-corrected chi connectivity index (χ1v) is 7.96. The molecule has 1 heterocycles. The Hall–Kier alpha value is -2.84. The molecule has 0 atom stereocenters. The molecular weight excluding hydrogens is 300 g/mol. The number of hydrogen-bond acceptors (Lipinski definition) is 4. The van der Waals surface area contributed by atoms with Crippen molar-refractivity contribution in [2.75, 3.05) is 38.1 Å². The van der Waals surface area contributed by atoms with Gasteiger partial charge in [-0.05, 0) is 47.7 Å². The molecule has 5 heteroatoms. The molecule has 3 rings (SSSR count). The summed E-state index contributed by atoms with van der Waals surface area (Å²) in [4.78, 5) is 15.9. The molecule has 0 saturated carbocycles. The summed E-state index contributed by atoms with van der Waals surface area (Å²) in [6.07, 6.45) is 1.52. The van der Waals surface area contributed by atoms with Gasteiger partial charge < -0.3 is 15.5 Å². The molecular formula is C19H20N4O. The van der Waals surface area contributed by atoms with Crippen LogP contribution in [0.25, 0.3) is 16.8 Å². The van der Waals surface area contributed by atoms with E-state index in [1.807, 2.05) is 24.3 Å². The van der Waals surface area contributed by atoms with E-state index in [1.54, 1.807) is 0 Å². The number of rotatable bonds is 3. The van der Waals surface area contributed by atoms with Crippen molar-refractivity contribution in [1.82, 2.24) is 4.90 Å². The van der Waals surface area contributed by atoms with Crippen molar-refractivity contribution in [3.05, 3.63) is 47.5 Å². The maximum absolute atomic E-state index is 11.2. The van der Waals surface area contributed by atoms with Gasteiger partial charge in [0, 0.05) is 31.9 Å². The molecule has 1 aliphatic rings. The Morgan fingerprint density at radius 1 is 1.12 bits per heavy atom. The van der Waals surface area contributed by atoms with Crippen LogP contribution in [0.15, 0.2) is 42.0 Å². The van der Waals surface area contributed by atoms with Crippen molar-refractivity contribution in [3.8, 4) is 6.07 Å². The first-order valence-electron chi connectivity index (χ1n) is 7.96. The molecule has 2 aromatic carbocycles. The second kappa shape index (κ2) is 6.73. The highest BCUT2D eigenvalue weighted by molar-refractivity contribution is 6.01. The molecule has 2 aromatic rings. The van der Waals surface area contributed by atoms with Gasteiger partial charge in [-0.1, -0.05) is 18.2 Å². The number of nitrogens with two attached hydrogens (primary N) is 1. The van der Waals surface area contributed by atoms with Gasteiger partial charge in [0.15, 0.2) is 0 Å². The highest BCUT2D eigenvalue weighted by Gasteiger charge is 2.14. The summed E-state index contributed by atoms with van der Waals surface area (Å²) < 4.78 is 0. The summed E-state index contributed by atoms with van der Waals surface area (Å²) in [5.41, 5.74) is 7.17. The van der Waals surface area contributed by atoms with Crippen LogP contribution in [0.1, 0.15) is 5.56 Å². The third kappa shape index (κ3) is 3.39. The van der Waals surface area contributed by atoms with Crippen LogP contribution in [0.5, 0.6) is 0 Å². The quantitative estimate of drug-likeness (QED) is 0.693. The van der Waals surface area contributed by atoms with Crippen molar-refractivity contribution in [1.29, 1.82) is 5.26 Å². The fourth-order valence-corrected chi connectivity index (χ4v) is 2.93. The zero-order valence-corrected chi connectivity index (χ0v) is 13.7. The number of benzene rings is 2. The molecule has 24 heavy (non-hydrogen) atoms. The summed E-state index contributed by atoms with van der Waals surface area (Å²) >= 11 is 0. The first kappa shape index (κ1) is 16.0. The van der Waals surface area contributed by atoms with Gasteiger partial charge in [-0.3, -0.25) is 4.79 Å². The van der Waals surface area contributed by atoms with Crippen molar-refractivity contribution < 1.29 is 4.79 Å². The summed E-state index contributed by atoms with van der Waals surface area (Å²) in [5, 5.41) is 11.2. The number of primary amides is 1. The van der Waals surface area contributed by atoms with Crippen molar-refractivity contribution in [3.63, 3.8) is 0 Å². The molecule has 1 aliphatic heterocycles. The first-order chi connectivity index (χ1) is 11.6. The number of nitrogens with zero attached hydrogens (tertiary/aromatic N) is 3. The predicted octanol–water partition coefficient (Wildman–Crippen LogP) is 1.98. The Kier molecular flexibility index (Phi) is 4.50. The lowest BCUT2D eigenvalue weighted by Gasteiger charge is -2.34. The Balaban J connectivity index is 1.89. The van der Waals surface area contributed by atoms with E-state index in [1.165, 1.54) is 11.8 Å². The lowest BCUT2D eigenvalue weighted by atomic mass is 10.0. The summed E-state index contributed by atoms with van der Waals surface area (Å²) in [6.45, 7) is 4.22. The Morgan fingerprint density at radius 2 is 1.79 bits per heavy atom. The zero-order valence-electron chi connectivity index (χ0n) is 13.7. The van der Waals surface area contributed by atoms with E-state index < -0.39 is 5.91 Å². The fourth-order valence-electron chi connectivity index (χ4n) is 2.93. The van der Waals surface area contributed by atoms with E-state index >= 15 is 0 Å². The van der Waals surface area contributed by atoms with Gasteiger partial charge in [-0.25, -0.2) is 0 Å². The number of piperazine rings is 1. The minimum Gasteiger partial charge on any atom is -0.369 e.